The van der Waals surface area contributed by atoms with Crippen LogP contribution in [0.25, 0.3) is 0 Å². The molecule has 1 rings (SSSR count). The number of halogens is 3. The summed E-state index contributed by atoms with van der Waals surface area (Å²) in [6.07, 6.45) is -4.91. The van der Waals surface area contributed by atoms with Gasteiger partial charge in [-0.15, -0.1) is 0 Å². The minimum atomic E-state index is -4.11. The molecular formula is C11H15F3N2. The van der Waals surface area contributed by atoms with Gasteiger partial charge in [-0.1, -0.05) is 0 Å². The Morgan fingerprint density at radius 3 is 2.19 bits per heavy atom. The fourth-order valence-corrected chi connectivity index (χ4v) is 1.42. The average Bonchev–Trinajstić information content (AvgIpc) is 2.20. The molecule has 1 aromatic rings. The number of rotatable bonds is 4. The summed E-state index contributed by atoms with van der Waals surface area (Å²) in [5.74, 6) is 0. The normalized spacial score (nSPS) is 11.5. The van der Waals surface area contributed by atoms with Crippen LogP contribution in [0, 0.1) is 0 Å². The van der Waals surface area contributed by atoms with Gasteiger partial charge in [-0.3, -0.25) is 0 Å². The molecule has 2 N–H and O–H groups in total. The second-order valence-electron chi connectivity index (χ2n) is 3.54. The molecule has 0 amide bonds. The van der Waals surface area contributed by atoms with E-state index >= 15 is 0 Å². The van der Waals surface area contributed by atoms with Crippen molar-refractivity contribution in [2.75, 3.05) is 23.7 Å². The van der Waals surface area contributed by atoms with Crippen LogP contribution in [0.15, 0.2) is 24.3 Å². The third-order valence-electron chi connectivity index (χ3n) is 2.31. The number of hydrogen-bond donors (Lipinski definition) is 1. The van der Waals surface area contributed by atoms with Gasteiger partial charge >= 0.3 is 6.18 Å². The first-order valence-corrected chi connectivity index (χ1v) is 5.09. The van der Waals surface area contributed by atoms with Crippen LogP contribution < -0.4 is 10.6 Å². The van der Waals surface area contributed by atoms with Crippen molar-refractivity contribution in [3.63, 3.8) is 0 Å². The minimum Gasteiger partial charge on any atom is -0.399 e. The van der Waals surface area contributed by atoms with Crippen molar-refractivity contribution in [2.24, 2.45) is 0 Å². The Morgan fingerprint density at radius 2 is 1.75 bits per heavy atom. The van der Waals surface area contributed by atoms with E-state index in [4.69, 9.17) is 5.73 Å². The largest absolute Gasteiger partial charge is 0.399 e. The van der Waals surface area contributed by atoms with Crippen molar-refractivity contribution < 1.29 is 13.2 Å². The summed E-state index contributed by atoms with van der Waals surface area (Å²) in [6, 6.07) is 6.83. The lowest BCUT2D eigenvalue weighted by molar-refractivity contribution is -0.132. The van der Waals surface area contributed by atoms with Crippen LogP contribution in [0.1, 0.15) is 13.3 Å². The second-order valence-corrected chi connectivity index (χ2v) is 3.54. The number of nitrogen functional groups attached to an aromatic ring is 1. The Hall–Kier alpha value is -1.39. The molecule has 1 aromatic carbocycles. The fourth-order valence-electron chi connectivity index (χ4n) is 1.42. The molecule has 0 fully saturated rings. The molecule has 0 aliphatic carbocycles. The molecule has 16 heavy (non-hydrogen) atoms. The average molecular weight is 232 g/mol. The molecule has 0 saturated heterocycles. The van der Waals surface area contributed by atoms with Gasteiger partial charge in [0, 0.05) is 24.5 Å². The van der Waals surface area contributed by atoms with Crippen molar-refractivity contribution in [3.05, 3.63) is 24.3 Å². The van der Waals surface area contributed by atoms with E-state index in [-0.39, 0.29) is 6.54 Å². The lowest BCUT2D eigenvalue weighted by atomic mass is 10.2. The van der Waals surface area contributed by atoms with Crippen molar-refractivity contribution in [1.82, 2.24) is 0 Å². The monoisotopic (exact) mass is 232 g/mol. The smallest absolute Gasteiger partial charge is 0.390 e. The molecular weight excluding hydrogens is 217 g/mol. The zero-order valence-electron chi connectivity index (χ0n) is 9.09. The summed E-state index contributed by atoms with van der Waals surface area (Å²) in [4.78, 5) is 1.67. The number of benzene rings is 1. The van der Waals surface area contributed by atoms with E-state index in [1.807, 2.05) is 6.92 Å². The highest BCUT2D eigenvalue weighted by molar-refractivity contribution is 5.52. The van der Waals surface area contributed by atoms with Gasteiger partial charge in [0.1, 0.15) is 0 Å². The Balaban J connectivity index is 2.64. The molecule has 0 aliphatic heterocycles. The molecule has 2 nitrogen and oxygen atoms in total. The van der Waals surface area contributed by atoms with Gasteiger partial charge in [0.2, 0.25) is 0 Å². The van der Waals surface area contributed by atoms with Crippen LogP contribution in [0.3, 0.4) is 0 Å². The number of hydrogen-bond acceptors (Lipinski definition) is 2. The molecule has 0 saturated carbocycles. The molecule has 0 aromatic heterocycles. The maximum Gasteiger partial charge on any atom is 0.390 e. The van der Waals surface area contributed by atoms with E-state index in [0.29, 0.717) is 12.2 Å². The van der Waals surface area contributed by atoms with E-state index in [1.165, 1.54) is 0 Å². The van der Waals surface area contributed by atoms with Gasteiger partial charge in [0.05, 0.1) is 6.42 Å². The van der Waals surface area contributed by atoms with Gasteiger partial charge in [-0.05, 0) is 31.2 Å². The summed E-state index contributed by atoms with van der Waals surface area (Å²) in [7, 11) is 0. The van der Waals surface area contributed by atoms with Gasteiger partial charge in [0.15, 0.2) is 0 Å². The van der Waals surface area contributed by atoms with Crippen LogP contribution in [0.4, 0.5) is 24.5 Å². The van der Waals surface area contributed by atoms with E-state index < -0.39 is 12.6 Å². The zero-order valence-corrected chi connectivity index (χ0v) is 9.09. The van der Waals surface area contributed by atoms with E-state index in [9.17, 15) is 13.2 Å². The SMILES string of the molecule is CCN(CCC(F)(F)F)c1ccc(N)cc1. The van der Waals surface area contributed by atoms with Crippen LogP contribution in [-0.2, 0) is 0 Å². The summed E-state index contributed by atoms with van der Waals surface area (Å²) >= 11 is 0. The quantitative estimate of drug-likeness (QED) is 0.808. The lowest BCUT2D eigenvalue weighted by Gasteiger charge is -2.23. The summed E-state index contributed by atoms with van der Waals surface area (Å²) in [5, 5.41) is 0. The van der Waals surface area contributed by atoms with Crippen LogP contribution >= 0.6 is 0 Å². The van der Waals surface area contributed by atoms with Gasteiger partial charge < -0.3 is 10.6 Å². The number of nitrogens with two attached hydrogens (primary N) is 1. The third-order valence-corrected chi connectivity index (χ3v) is 2.31. The van der Waals surface area contributed by atoms with E-state index in [2.05, 4.69) is 0 Å². The van der Waals surface area contributed by atoms with Crippen molar-refractivity contribution >= 4 is 11.4 Å². The highest BCUT2D eigenvalue weighted by atomic mass is 19.4. The van der Waals surface area contributed by atoms with Crippen molar-refractivity contribution in [1.29, 1.82) is 0 Å². The first kappa shape index (κ1) is 12.7. The zero-order chi connectivity index (χ0) is 12.2. The van der Waals surface area contributed by atoms with Gasteiger partial charge in [0.25, 0.3) is 0 Å². The number of alkyl halides is 3. The summed E-state index contributed by atoms with van der Waals surface area (Å²) < 4.78 is 36.3. The Labute approximate surface area is 92.9 Å². The standard InChI is InChI=1S/C11H15F3N2/c1-2-16(8-7-11(12,13)14)10-5-3-9(15)4-6-10/h3-6H,2,7-8,15H2,1H3. The summed E-state index contributed by atoms with van der Waals surface area (Å²) in [5.41, 5.74) is 6.88. The molecule has 0 heterocycles. The molecule has 0 bridgehead atoms. The highest BCUT2D eigenvalue weighted by Crippen LogP contribution is 2.22. The molecule has 5 heteroatoms. The maximum atomic E-state index is 12.1. The van der Waals surface area contributed by atoms with Crippen molar-refractivity contribution in [3.8, 4) is 0 Å². The van der Waals surface area contributed by atoms with Gasteiger partial charge in [-0.2, -0.15) is 13.2 Å². The van der Waals surface area contributed by atoms with Crippen LogP contribution in [0.2, 0.25) is 0 Å². The molecule has 0 atom stereocenters. The maximum absolute atomic E-state index is 12.1. The highest BCUT2D eigenvalue weighted by Gasteiger charge is 2.27. The lowest BCUT2D eigenvalue weighted by Crippen LogP contribution is -2.27. The molecule has 0 spiro atoms. The van der Waals surface area contributed by atoms with E-state index in [0.717, 1.165) is 5.69 Å². The third kappa shape index (κ3) is 4.00. The molecule has 0 radical (unpaired) electrons. The number of anilines is 2. The Kier molecular flexibility index (Phi) is 4.04. The topological polar surface area (TPSA) is 29.3 Å². The fraction of sp³-hybridized carbons (Fsp3) is 0.455. The van der Waals surface area contributed by atoms with Gasteiger partial charge in [-0.25, -0.2) is 0 Å². The molecule has 0 aliphatic rings. The molecule has 0 unspecified atom stereocenters. The summed E-state index contributed by atoms with van der Waals surface area (Å²) in [6.45, 7) is 2.34. The second kappa shape index (κ2) is 5.09. The predicted molar refractivity (Wildman–Crippen MR) is 59.4 cm³/mol. The van der Waals surface area contributed by atoms with Crippen LogP contribution in [-0.4, -0.2) is 19.3 Å². The predicted octanol–water partition coefficient (Wildman–Crippen LogP) is 3.05. The number of nitrogens with zero attached hydrogens (tertiary/aromatic N) is 1. The van der Waals surface area contributed by atoms with Crippen LogP contribution in [0.5, 0.6) is 0 Å². The molecule has 90 valence electrons. The minimum absolute atomic E-state index is 0.0239. The van der Waals surface area contributed by atoms with Crippen molar-refractivity contribution in [2.45, 2.75) is 19.5 Å². The van der Waals surface area contributed by atoms with E-state index in [1.54, 1.807) is 29.2 Å². The Bertz CT molecular complexity index is 319. The first-order chi connectivity index (χ1) is 7.42. The first-order valence-electron chi connectivity index (χ1n) is 5.09. The Morgan fingerprint density at radius 1 is 1.19 bits per heavy atom.